The van der Waals surface area contributed by atoms with Gasteiger partial charge in [0.05, 0.1) is 0 Å². The molecule has 2 heterocycles. The van der Waals surface area contributed by atoms with Gasteiger partial charge < -0.3 is 5.32 Å². The van der Waals surface area contributed by atoms with Crippen molar-refractivity contribution >= 4 is 29.2 Å². The second-order valence-electron chi connectivity index (χ2n) is 2.56. The van der Waals surface area contributed by atoms with Crippen LogP contribution in [0.3, 0.4) is 0 Å². The Morgan fingerprint density at radius 1 is 1.47 bits per heavy atom. The molecule has 0 saturated heterocycles. The minimum atomic E-state index is 0.645. The summed E-state index contributed by atoms with van der Waals surface area (Å²) in [6, 6.07) is 1.85. The van der Waals surface area contributed by atoms with E-state index in [1.165, 1.54) is 23.3 Å². The quantitative estimate of drug-likeness (QED) is 0.822. The molecule has 2 rings (SSSR count). The highest BCUT2D eigenvalue weighted by Crippen LogP contribution is 2.26. The summed E-state index contributed by atoms with van der Waals surface area (Å²) in [5, 5.41) is 3.93. The van der Waals surface area contributed by atoms with E-state index in [-0.39, 0.29) is 0 Å². The molecule has 78 valence electrons. The predicted molar refractivity (Wildman–Crippen MR) is 60.2 cm³/mol. The largest absolute Gasteiger partial charge is 0.354 e. The Balaban J connectivity index is 2.11. The van der Waals surface area contributed by atoms with E-state index in [1.54, 1.807) is 12.5 Å². The number of nitrogens with zero attached hydrogens (tertiary/aromatic N) is 4. The molecule has 0 unspecified atom stereocenters. The van der Waals surface area contributed by atoms with Crippen LogP contribution >= 0.6 is 23.3 Å². The maximum Gasteiger partial charge on any atom is 0.223 e. The van der Waals surface area contributed by atoms with Gasteiger partial charge in [0.25, 0.3) is 0 Å². The van der Waals surface area contributed by atoms with Crippen molar-refractivity contribution in [2.24, 2.45) is 0 Å². The van der Waals surface area contributed by atoms with Gasteiger partial charge in [0.15, 0.2) is 4.34 Å². The molecule has 7 heteroatoms. The van der Waals surface area contributed by atoms with Crippen LogP contribution in [0.2, 0.25) is 0 Å². The zero-order chi connectivity index (χ0) is 10.5. The lowest BCUT2D eigenvalue weighted by atomic mass is 10.6. The molecule has 0 aliphatic rings. The van der Waals surface area contributed by atoms with Crippen LogP contribution in [0.25, 0.3) is 0 Å². The van der Waals surface area contributed by atoms with E-state index in [9.17, 15) is 0 Å². The van der Waals surface area contributed by atoms with Gasteiger partial charge >= 0.3 is 0 Å². The van der Waals surface area contributed by atoms with Gasteiger partial charge in [0.2, 0.25) is 5.95 Å². The molecule has 0 aliphatic carbocycles. The number of hydrogen-bond donors (Lipinski definition) is 1. The molecular formula is C8H9N5S2. The fourth-order valence-corrected chi connectivity index (χ4v) is 2.29. The normalized spacial score (nSPS) is 10.2. The van der Waals surface area contributed by atoms with E-state index in [4.69, 9.17) is 0 Å². The maximum atomic E-state index is 4.32. The fourth-order valence-electron chi connectivity index (χ4n) is 0.940. The van der Waals surface area contributed by atoms with Crippen LogP contribution in [0.4, 0.5) is 5.95 Å². The van der Waals surface area contributed by atoms with E-state index in [2.05, 4.69) is 24.6 Å². The van der Waals surface area contributed by atoms with Crippen LogP contribution < -0.4 is 5.32 Å². The third kappa shape index (κ3) is 2.87. The molecule has 0 aliphatic heterocycles. The van der Waals surface area contributed by atoms with Crippen molar-refractivity contribution in [1.82, 2.24) is 19.3 Å². The van der Waals surface area contributed by atoms with E-state index >= 15 is 0 Å². The van der Waals surface area contributed by atoms with Gasteiger partial charge in [0.1, 0.15) is 11.4 Å². The fraction of sp³-hybridized carbons (Fsp3) is 0.250. The van der Waals surface area contributed by atoms with Gasteiger partial charge in [-0.15, -0.1) is 0 Å². The van der Waals surface area contributed by atoms with E-state index < -0.39 is 0 Å². The topological polar surface area (TPSA) is 63.6 Å². The molecule has 0 radical (unpaired) electrons. The second kappa shape index (κ2) is 5.04. The third-order valence-corrected chi connectivity index (χ3v) is 3.15. The summed E-state index contributed by atoms with van der Waals surface area (Å²) in [7, 11) is 0. The molecule has 1 N–H and O–H groups in total. The smallest absolute Gasteiger partial charge is 0.223 e. The van der Waals surface area contributed by atoms with Crippen molar-refractivity contribution in [2.45, 2.75) is 16.3 Å². The minimum absolute atomic E-state index is 0.645. The minimum Gasteiger partial charge on any atom is -0.354 e. The summed E-state index contributed by atoms with van der Waals surface area (Å²) < 4.78 is 4.81. The molecule has 0 spiro atoms. The Morgan fingerprint density at radius 2 is 2.40 bits per heavy atom. The highest BCUT2D eigenvalue weighted by molar-refractivity contribution is 8.00. The standard InChI is InChI=1S/C8H9N5S2/c1-2-9-7-10-4-3-6(13-7)14-8-11-5-12-15-8/h3-5H,2H2,1H3,(H,9,10,13). The number of rotatable bonds is 4. The summed E-state index contributed by atoms with van der Waals surface area (Å²) in [6.45, 7) is 2.82. The summed E-state index contributed by atoms with van der Waals surface area (Å²) >= 11 is 2.85. The van der Waals surface area contributed by atoms with Crippen LogP contribution in [0.15, 0.2) is 28.0 Å². The van der Waals surface area contributed by atoms with E-state index in [0.29, 0.717) is 5.95 Å². The first-order chi connectivity index (χ1) is 7.38. The molecule has 0 amide bonds. The number of aromatic nitrogens is 4. The predicted octanol–water partition coefficient (Wildman–Crippen LogP) is 1.91. The molecule has 15 heavy (non-hydrogen) atoms. The SMILES string of the molecule is CCNc1nccc(Sc2ncns2)n1. The Kier molecular flexibility index (Phi) is 3.46. The van der Waals surface area contributed by atoms with Gasteiger partial charge in [-0.3, -0.25) is 0 Å². The Labute approximate surface area is 95.6 Å². The molecule has 0 saturated carbocycles. The molecule has 5 nitrogen and oxygen atoms in total. The Morgan fingerprint density at radius 3 is 3.13 bits per heavy atom. The van der Waals surface area contributed by atoms with Crippen LogP contribution in [-0.2, 0) is 0 Å². The van der Waals surface area contributed by atoms with Gasteiger partial charge in [-0.05, 0) is 36.3 Å². The first-order valence-corrected chi connectivity index (χ1v) is 5.99. The number of anilines is 1. The van der Waals surface area contributed by atoms with Crippen molar-refractivity contribution in [3.63, 3.8) is 0 Å². The molecule has 0 bridgehead atoms. The summed E-state index contributed by atoms with van der Waals surface area (Å²) in [5.41, 5.74) is 0. The summed E-state index contributed by atoms with van der Waals surface area (Å²) in [5.74, 6) is 0.645. The number of hydrogen-bond acceptors (Lipinski definition) is 7. The monoisotopic (exact) mass is 239 g/mol. The van der Waals surface area contributed by atoms with Crippen LogP contribution in [0.1, 0.15) is 6.92 Å². The Hall–Kier alpha value is -1.21. The highest BCUT2D eigenvalue weighted by Gasteiger charge is 2.03. The van der Waals surface area contributed by atoms with Gasteiger partial charge in [-0.2, -0.15) is 4.37 Å². The molecule has 0 atom stereocenters. The molecule has 0 aromatic carbocycles. The average molecular weight is 239 g/mol. The second-order valence-corrected chi connectivity index (χ2v) is 4.61. The number of nitrogens with one attached hydrogen (secondary N) is 1. The zero-order valence-corrected chi connectivity index (χ0v) is 9.68. The first-order valence-electron chi connectivity index (χ1n) is 4.40. The molecular weight excluding hydrogens is 230 g/mol. The molecule has 2 aromatic rings. The van der Waals surface area contributed by atoms with Gasteiger partial charge in [0, 0.05) is 12.7 Å². The van der Waals surface area contributed by atoms with Crippen molar-refractivity contribution < 1.29 is 0 Å². The highest BCUT2D eigenvalue weighted by atomic mass is 32.2. The zero-order valence-electron chi connectivity index (χ0n) is 8.04. The van der Waals surface area contributed by atoms with Gasteiger partial charge in [-0.1, -0.05) is 0 Å². The third-order valence-electron chi connectivity index (χ3n) is 1.50. The van der Waals surface area contributed by atoms with Crippen LogP contribution in [0, 0.1) is 0 Å². The lowest BCUT2D eigenvalue weighted by molar-refractivity contribution is 1.01. The lowest BCUT2D eigenvalue weighted by Crippen LogP contribution is -2.01. The van der Waals surface area contributed by atoms with E-state index in [0.717, 1.165) is 15.9 Å². The Bertz CT molecular complexity index is 417. The lowest BCUT2D eigenvalue weighted by Gasteiger charge is -2.01. The van der Waals surface area contributed by atoms with Crippen LogP contribution in [-0.4, -0.2) is 25.9 Å². The van der Waals surface area contributed by atoms with Crippen LogP contribution in [0.5, 0.6) is 0 Å². The molecule has 2 aromatic heterocycles. The summed E-state index contributed by atoms with van der Waals surface area (Å²) in [6.07, 6.45) is 3.27. The van der Waals surface area contributed by atoms with Crippen molar-refractivity contribution in [1.29, 1.82) is 0 Å². The maximum absolute atomic E-state index is 4.32. The molecule has 0 fully saturated rings. The van der Waals surface area contributed by atoms with Gasteiger partial charge in [-0.25, -0.2) is 15.0 Å². The first kappa shape index (κ1) is 10.3. The van der Waals surface area contributed by atoms with Crippen molar-refractivity contribution in [3.8, 4) is 0 Å². The van der Waals surface area contributed by atoms with Crippen molar-refractivity contribution in [2.75, 3.05) is 11.9 Å². The van der Waals surface area contributed by atoms with Crippen molar-refractivity contribution in [3.05, 3.63) is 18.6 Å². The average Bonchev–Trinajstić information content (AvgIpc) is 2.71. The summed E-state index contributed by atoms with van der Waals surface area (Å²) in [4.78, 5) is 12.5. The van der Waals surface area contributed by atoms with E-state index in [1.807, 2.05) is 13.0 Å².